The molecule has 0 aliphatic heterocycles. The van der Waals surface area contributed by atoms with Crippen LogP contribution in [0.2, 0.25) is 0 Å². The maximum atomic E-state index is 5.41. The van der Waals surface area contributed by atoms with Crippen LogP contribution in [0.3, 0.4) is 0 Å². The third kappa shape index (κ3) is 3.24. The summed E-state index contributed by atoms with van der Waals surface area (Å²) in [7, 11) is 0. The first kappa shape index (κ1) is 10.4. The third-order valence-electron chi connectivity index (χ3n) is 1.87. The summed E-state index contributed by atoms with van der Waals surface area (Å²) in [6, 6.07) is 9.22. The molecule has 0 saturated carbocycles. The fourth-order valence-corrected chi connectivity index (χ4v) is 1.17. The fraction of sp³-hybridized carbons (Fsp3) is 0.167. The van der Waals surface area contributed by atoms with E-state index in [1.54, 1.807) is 18.6 Å². The molecule has 0 aliphatic rings. The number of pyridine rings is 2. The molecule has 0 N–H and O–H groups in total. The molecule has 0 unspecified atom stereocenters. The topological polar surface area (TPSA) is 44.2 Å². The number of hydrogen-bond donors (Lipinski definition) is 0. The molecule has 0 aliphatic carbocycles. The van der Waals surface area contributed by atoms with Crippen LogP contribution in [0.15, 0.2) is 48.9 Å². The van der Waals surface area contributed by atoms with Crippen molar-refractivity contribution < 1.29 is 9.47 Å². The van der Waals surface area contributed by atoms with Crippen LogP contribution in [-0.2, 0) is 0 Å². The van der Waals surface area contributed by atoms with Crippen molar-refractivity contribution in [3.63, 3.8) is 0 Å². The zero-order valence-electron chi connectivity index (χ0n) is 8.74. The van der Waals surface area contributed by atoms with Gasteiger partial charge in [-0.3, -0.25) is 4.98 Å². The Morgan fingerprint density at radius 2 is 1.88 bits per heavy atom. The van der Waals surface area contributed by atoms with Crippen LogP contribution in [0.25, 0.3) is 0 Å². The Balaban J connectivity index is 1.70. The maximum absolute atomic E-state index is 5.41. The van der Waals surface area contributed by atoms with Crippen molar-refractivity contribution in [2.45, 2.75) is 0 Å². The highest BCUT2D eigenvalue weighted by atomic mass is 16.5. The van der Waals surface area contributed by atoms with Crippen LogP contribution in [0.5, 0.6) is 11.6 Å². The predicted molar refractivity (Wildman–Crippen MR) is 59.5 cm³/mol. The van der Waals surface area contributed by atoms with Crippen molar-refractivity contribution in [1.82, 2.24) is 9.97 Å². The van der Waals surface area contributed by atoms with Gasteiger partial charge in [0.1, 0.15) is 19.0 Å². The van der Waals surface area contributed by atoms with E-state index in [9.17, 15) is 0 Å². The number of nitrogens with zero attached hydrogens (tertiary/aromatic N) is 2. The van der Waals surface area contributed by atoms with Gasteiger partial charge in [-0.25, -0.2) is 4.98 Å². The molecule has 0 fully saturated rings. The Morgan fingerprint density at radius 3 is 2.62 bits per heavy atom. The summed E-state index contributed by atoms with van der Waals surface area (Å²) in [5.41, 5.74) is 0. The Labute approximate surface area is 93.9 Å². The van der Waals surface area contributed by atoms with Gasteiger partial charge in [0.25, 0.3) is 0 Å². The van der Waals surface area contributed by atoms with E-state index >= 15 is 0 Å². The molecule has 0 amide bonds. The summed E-state index contributed by atoms with van der Waals surface area (Å²) in [5, 5.41) is 0. The molecule has 16 heavy (non-hydrogen) atoms. The Hall–Kier alpha value is -2.10. The normalized spacial score (nSPS) is 9.75. The van der Waals surface area contributed by atoms with Crippen molar-refractivity contribution in [2.24, 2.45) is 0 Å². The molecule has 4 nitrogen and oxygen atoms in total. The molecule has 0 spiro atoms. The zero-order valence-corrected chi connectivity index (χ0v) is 8.74. The lowest BCUT2D eigenvalue weighted by atomic mass is 10.5. The first-order valence-corrected chi connectivity index (χ1v) is 5.02. The van der Waals surface area contributed by atoms with Crippen molar-refractivity contribution in [3.05, 3.63) is 48.9 Å². The van der Waals surface area contributed by atoms with Gasteiger partial charge < -0.3 is 9.47 Å². The van der Waals surface area contributed by atoms with Gasteiger partial charge in [0, 0.05) is 18.5 Å². The molecule has 0 aromatic carbocycles. The van der Waals surface area contributed by atoms with Crippen molar-refractivity contribution in [3.8, 4) is 11.6 Å². The predicted octanol–water partition coefficient (Wildman–Crippen LogP) is 1.93. The molecule has 2 rings (SSSR count). The van der Waals surface area contributed by atoms with Crippen LogP contribution in [-0.4, -0.2) is 23.2 Å². The lowest BCUT2D eigenvalue weighted by Gasteiger charge is -2.06. The summed E-state index contributed by atoms with van der Waals surface area (Å²) in [6.07, 6.45) is 5.06. The van der Waals surface area contributed by atoms with Gasteiger partial charge in [-0.2, -0.15) is 0 Å². The minimum absolute atomic E-state index is 0.464. The van der Waals surface area contributed by atoms with E-state index in [1.165, 1.54) is 0 Å². The first-order valence-electron chi connectivity index (χ1n) is 5.02. The van der Waals surface area contributed by atoms with E-state index in [0.717, 1.165) is 5.75 Å². The van der Waals surface area contributed by atoms with Crippen molar-refractivity contribution in [2.75, 3.05) is 13.2 Å². The Morgan fingerprint density at radius 1 is 0.938 bits per heavy atom. The van der Waals surface area contributed by atoms with E-state index in [2.05, 4.69) is 9.97 Å². The van der Waals surface area contributed by atoms with Crippen LogP contribution in [0.1, 0.15) is 0 Å². The van der Waals surface area contributed by atoms with Crippen molar-refractivity contribution in [1.29, 1.82) is 0 Å². The molecule has 2 aromatic heterocycles. The third-order valence-corrected chi connectivity index (χ3v) is 1.87. The second-order valence-electron chi connectivity index (χ2n) is 3.05. The highest BCUT2D eigenvalue weighted by molar-refractivity contribution is 5.15. The number of hydrogen-bond acceptors (Lipinski definition) is 4. The smallest absolute Gasteiger partial charge is 0.213 e. The molecule has 0 atom stereocenters. The lowest BCUT2D eigenvalue weighted by molar-refractivity contribution is 0.211. The minimum atomic E-state index is 0.464. The SMILES string of the molecule is c1ccc(OCCOc2cccnc2)nc1. The molecule has 82 valence electrons. The van der Waals surface area contributed by atoms with E-state index in [4.69, 9.17) is 9.47 Å². The van der Waals surface area contributed by atoms with Gasteiger partial charge in [0.2, 0.25) is 5.88 Å². The molecule has 0 bridgehead atoms. The van der Waals surface area contributed by atoms with Gasteiger partial charge in [-0.15, -0.1) is 0 Å². The maximum Gasteiger partial charge on any atom is 0.213 e. The minimum Gasteiger partial charge on any atom is -0.488 e. The molecule has 4 heteroatoms. The molecule has 0 saturated heterocycles. The van der Waals surface area contributed by atoms with E-state index in [0.29, 0.717) is 19.1 Å². The molecular formula is C12H12N2O2. The number of rotatable bonds is 5. The Kier molecular flexibility index (Phi) is 3.71. The summed E-state index contributed by atoms with van der Waals surface area (Å²) in [4.78, 5) is 7.98. The van der Waals surface area contributed by atoms with Gasteiger partial charge in [0.05, 0.1) is 6.20 Å². The quantitative estimate of drug-likeness (QED) is 0.716. The van der Waals surface area contributed by atoms with E-state index in [1.807, 2.05) is 30.3 Å². The molecule has 0 radical (unpaired) electrons. The van der Waals surface area contributed by atoms with Gasteiger partial charge in [-0.1, -0.05) is 6.07 Å². The number of aromatic nitrogens is 2. The second-order valence-corrected chi connectivity index (χ2v) is 3.05. The molecule has 2 aromatic rings. The van der Waals surface area contributed by atoms with Crippen LogP contribution < -0.4 is 9.47 Å². The Bertz CT molecular complexity index is 364. The van der Waals surface area contributed by atoms with Crippen LogP contribution in [0.4, 0.5) is 0 Å². The summed E-state index contributed by atoms with van der Waals surface area (Å²) in [6.45, 7) is 0.939. The fourth-order valence-electron chi connectivity index (χ4n) is 1.17. The highest BCUT2D eigenvalue weighted by Gasteiger charge is 1.94. The summed E-state index contributed by atoms with van der Waals surface area (Å²) in [5.74, 6) is 1.35. The average Bonchev–Trinajstić information content (AvgIpc) is 2.37. The van der Waals surface area contributed by atoms with Gasteiger partial charge in [-0.05, 0) is 18.2 Å². The van der Waals surface area contributed by atoms with E-state index in [-0.39, 0.29) is 0 Å². The lowest BCUT2D eigenvalue weighted by Crippen LogP contribution is -2.09. The largest absolute Gasteiger partial charge is 0.488 e. The van der Waals surface area contributed by atoms with E-state index < -0.39 is 0 Å². The van der Waals surface area contributed by atoms with Gasteiger partial charge >= 0.3 is 0 Å². The standard InChI is InChI=1S/C12H12N2O2/c1-2-7-14-12(5-1)16-9-8-15-11-4-3-6-13-10-11/h1-7,10H,8-9H2. The summed E-state index contributed by atoms with van der Waals surface area (Å²) < 4.78 is 10.8. The average molecular weight is 216 g/mol. The molecular weight excluding hydrogens is 204 g/mol. The zero-order chi connectivity index (χ0) is 11.1. The number of ether oxygens (including phenoxy) is 2. The van der Waals surface area contributed by atoms with Crippen LogP contribution >= 0.6 is 0 Å². The van der Waals surface area contributed by atoms with Crippen molar-refractivity contribution >= 4 is 0 Å². The molecule has 2 heterocycles. The first-order chi connectivity index (χ1) is 7.95. The second kappa shape index (κ2) is 5.70. The highest BCUT2D eigenvalue weighted by Crippen LogP contribution is 2.06. The van der Waals surface area contributed by atoms with Gasteiger partial charge in [0.15, 0.2) is 0 Å². The summed E-state index contributed by atoms with van der Waals surface area (Å²) >= 11 is 0. The van der Waals surface area contributed by atoms with Crippen LogP contribution in [0, 0.1) is 0 Å². The monoisotopic (exact) mass is 216 g/mol.